The predicted octanol–water partition coefficient (Wildman–Crippen LogP) is 3.43. The first-order valence-electron chi connectivity index (χ1n) is 8.14. The summed E-state index contributed by atoms with van der Waals surface area (Å²) >= 11 is 5.96. The van der Waals surface area contributed by atoms with Crippen molar-refractivity contribution in [2.45, 2.75) is 12.8 Å². The van der Waals surface area contributed by atoms with Crippen LogP contribution < -0.4 is 9.62 Å². The van der Waals surface area contributed by atoms with Gasteiger partial charge < -0.3 is 5.32 Å². The maximum atomic E-state index is 12.4. The van der Waals surface area contributed by atoms with E-state index in [-0.39, 0.29) is 22.0 Å². The molecule has 0 atom stereocenters. The van der Waals surface area contributed by atoms with Crippen molar-refractivity contribution in [2.24, 2.45) is 0 Å². The molecule has 1 fully saturated rings. The zero-order chi connectivity index (χ0) is 19.6. The molecule has 0 saturated carbocycles. The zero-order valence-electron chi connectivity index (χ0n) is 14.1. The van der Waals surface area contributed by atoms with Crippen LogP contribution in [0.5, 0.6) is 0 Å². The number of hydrogen-bond acceptors (Lipinski definition) is 5. The lowest BCUT2D eigenvalue weighted by atomic mass is 10.1. The van der Waals surface area contributed by atoms with Gasteiger partial charge in [0.05, 0.1) is 26.9 Å². The van der Waals surface area contributed by atoms with E-state index in [1.165, 1.54) is 16.4 Å². The van der Waals surface area contributed by atoms with E-state index < -0.39 is 20.9 Å². The fourth-order valence-corrected chi connectivity index (χ4v) is 4.63. The van der Waals surface area contributed by atoms with E-state index in [1.807, 2.05) is 0 Å². The van der Waals surface area contributed by atoms with Gasteiger partial charge in [0.2, 0.25) is 10.0 Å². The molecule has 0 unspecified atom stereocenters. The number of halogens is 1. The molecule has 1 aliphatic rings. The molecule has 1 heterocycles. The molecule has 10 heteroatoms. The van der Waals surface area contributed by atoms with Gasteiger partial charge in [0.25, 0.3) is 11.6 Å². The van der Waals surface area contributed by atoms with Crippen molar-refractivity contribution in [1.29, 1.82) is 0 Å². The molecule has 27 heavy (non-hydrogen) atoms. The molecular weight excluding hydrogens is 394 g/mol. The highest BCUT2D eigenvalue weighted by Crippen LogP contribution is 2.26. The van der Waals surface area contributed by atoms with E-state index in [2.05, 4.69) is 5.32 Å². The van der Waals surface area contributed by atoms with Gasteiger partial charge in [0, 0.05) is 24.4 Å². The molecule has 2 aromatic carbocycles. The third kappa shape index (κ3) is 4.20. The van der Waals surface area contributed by atoms with Gasteiger partial charge in [-0.15, -0.1) is 0 Å². The van der Waals surface area contributed by atoms with Gasteiger partial charge in [-0.1, -0.05) is 11.6 Å². The van der Waals surface area contributed by atoms with Gasteiger partial charge in [-0.2, -0.15) is 0 Å². The average Bonchev–Trinajstić information content (AvgIpc) is 2.62. The zero-order valence-corrected chi connectivity index (χ0v) is 15.7. The number of nitrogens with zero attached hydrogens (tertiary/aromatic N) is 2. The molecule has 2 aromatic rings. The van der Waals surface area contributed by atoms with E-state index in [4.69, 9.17) is 11.6 Å². The molecule has 0 spiro atoms. The van der Waals surface area contributed by atoms with Crippen LogP contribution in [-0.2, 0) is 10.0 Å². The highest BCUT2D eigenvalue weighted by molar-refractivity contribution is 7.92. The molecular formula is C17H16ClN3O5S. The summed E-state index contributed by atoms with van der Waals surface area (Å²) in [6.07, 6.45) is 1.44. The van der Waals surface area contributed by atoms with Crippen molar-refractivity contribution in [1.82, 2.24) is 0 Å². The Morgan fingerprint density at radius 1 is 1.15 bits per heavy atom. The minimum Gasteiger partial charge on any atom is -0.322 e. The number of hydrogen-bond donors (Lipinski definition) is 1. The number of anilines is 2. The van der Waals surface area contributed by atoms with E-state index in [1.54, 1.807) is 24.3 Å². The fraction of sp³-hybridized carbons (Fsp3) is 0.235. The van der Waals surface area contributed by atoms with Crippen LogP contribution in [0.1, 0.15) is 23.2 Å². The predicted molar refractivity (Wildman–Crippen MR) is 103 cm³/mol. The second-order valence-electron chi connectivity index (χ2n) is 6.02. The monoisotopic (exact) mass is 409 g/mol. The van der Waals surface area contributed by atoms with Crippen molar-refractivity contribution in [3.05, 3.63) is 63.2 Å². The molecule has 0 aromatic heterocycles. The van der Waals surface area contributed by atoms with Crippen LogP contribution in [0.3, 0.4) is 0 Å². The second kappa shape index (κ2) is 7.53. The topological polar surface area (TPSA) is 110 Å². The standard InChI is InChI=1S/C17H16ClN3O5S/c18-16-8-7-14(21(23)24)11-15(16)17(22)19-12-3-5-13(6-4-12)20-9-1-2-10-27(20,25)26/h3-8,11H,1-2,9-10H2,(H,19,22). The normalized spacial score (nSPS) is 16.0. The van der Waals surface area contributed by atoms with E-state index in [0.29, 0.717) is 24.3 Å². The Kier molecular flexibility index (Phi) is 5.33. The largest absolute Gasteiger partial charge is 0.322 e. The summed E-state index contributed by atoms with van der Waals surface area (Å²) in [4.78, 5) is 22.6. The summed E-state index contributed by atoms with van der Waals surface area (Å²) in [5, 5.41) is 13.6. The molecule has 1 N–H and O–H groups in total. The van der Waals surface area contributed by atoms with Gasteiger partial charge in [0.15, 0.2) is 0 Å². The number of benzene rings is 2. The first-order chi connectivity index (χ1) is 12.8. The van der Waals surface area contributed by atoms with Crippen LogP contribution >= 0.6 is 11.6 Å². The number of nitro groups is 1. The highest BCUT2D eigenvalue weighted by Gasteiger charge is 2.26. The van der Waals surface area contributed by atoms with E-state index in [9.17, 15) is 23.3 Å². The van der Waals surface area contributed by atoms with Crippen LogP contribution in [0.2, 0.25) is 5.02 Å². The minimum absolute atomic E-state index is 0.0199. The molecule has 3 rings (SSSR count). The molecule has 1 aliphatic heterocycles. The summed E-state index contributed by atoms with van der Waals surface area (Å²) in [6.45, 7) is 0.428. The number of non-ortho nitro benzene ring substituents is 1. The average molecular weight is 410 g/mol. The van der Waals surface area contributed by atoms with Crippen LogP contribution in [0.25, 0.3) is 0 Å². The number of nitro benzene ring substituents is 1. The van der Waals surface area contributed by atoms with E-state index >= 15 is 0 Å². The Balaban J connectivity index is 1.78. The summed E-state index contributed by atoms with van der Waals surface area (Å²) in [5.74, 6) is -0.474. The van der Waals surface area contributed by atoms with Crippen LogP contribution in [0, 0.1) is 10.1 Å². The van der Waals surface area contributed by atoms with Crippen molar-refractivity contribution < 1.29 is 18.1 Å². The fourth-order valence-electron chi connectivity index (χ4n) is 2.79. The number of carbonyl (C=O) groups is 1. The van der Waals surface area contributed by atoms with Gasteiger partial charge in [-0.05, 0) is 43.2 Å². The van der Waals surface area contributed by atoms with E-state index in [0.717, 1.165) is 12.5 Å². The van der Waals surface area contributed by atoms with Crippen molar-refractivity contribution in [3.8, 4) is 0 Å². The maximum absolute atomic E-state index is 12.4. The minimum atomic E-state index is -3.31. The number of sulfonamides is 1. The number of amides is 1. The van der Waals surface area contributed by atoms with Crippen LogP contribution in [-0.4, -0.2) is 31.5 Å². The highest BCUT2D eigenvalue weighted by atomic mass is 35.5. The maximum Gasteiger partial charge on any atom is 0.270 e. The van der Waals surface area contributed by atoms with Gasteiger partial charge in [-0.25, -0.2) is 8.42 Å². The van der Waals surface area contributed by atoms with Gasteiger partial charge in [0.1, 0.15) is 0 Å². The summed E-state index contributed by atoms with van der Waals surface area (Å²) in [5.41, 5.74) is 0.686. The number of rotatable bonds is 4. The van der Waals surface area contributed by atoms with Crippen LogP contribution in [0.15, 0.2) is 42.5 Å². The molecule has 1 saturated heterocycles. The first-order valence-corrected chi connectivity index (χ1v) is 10.1. The lowest BCUT2D eigenvalue weighted by Gasteiger charge is -2.28. The summed E-state index contributed by atoms with van der Waals surface area (Å²) in [7, 11) is -3.31. The van der Waals surface area contributed by atoms with Gasteiger partial charge >= 0.3 is 0 Å². The Labute approximate surface area is 160 Å². The molecule has 0 aliphatic carbocycles. The number of carbonyl (C=O) groups excluding carboxylic acids is 1. The van der Waals surface area contributed by atoms with Gasteiger partial charge in [-0.3, -0.25) is 19.2 Å². The molecule has 0 bridgehead atoms. The van der Waals surface area contributed by atoms with Crippen molar-refractivity contribution >= 4 is 44.6 Å². The van der Waals surface area contributed by atoms with Crippen molar-refractivity contribution in [2.75, 3.05) is 21.9 Å². The molecule has 1 amide bonds. The quantitative estimate of drug-likeness (QED) is 0.614. The second-order valence-corrected chi connectivity index (χ2v) is 8.44. The lowest BCUT2D eigenvalue weighted by molar-refractivity contribution is -0.384. The summed E-state index contributed by atoms with van der Waals surface area (Å²) < 4.78 is 25.6. The van der Waals surface area contributed by atoms with Crippen molar-refractivity contribution in [3.63, 3.8) is 0 Å². The third-order valence-electron chi connectivity index (χ3n) is 4.17. The molecule has 142 valence electrons. The Morgan fingerprint density at radius 3 is 2.48 bits per heavy atom. The Bertz CT molecular complexity index is 992. The Hall–Kier alpha value is -2.65. The third-order valence-corrected chi connectivity index (χ3v) is 6.37. The molecule has 0 radical (unpaired) electrons. The first kappa shape index (κ1) is 19.1. The van der Waals surface area contributed by atoms with Crippen LogP contribution in [0.4, 0.5) is 17.1 Å². The number of nitrogens with one attached hydrogen (secondary N) is 1. The smallest absolute Gasteiger partial charge is 0.270 e. The summed E-state index contributed by atoms with van der Waals surface area (Å²) in [6, 6.07) is 9.96. The Morgan fingerprint density at radius 2 is 1.85 bits per heavy atom. The molecule has 8 nitrogen and oxygen atoms in total. The lowest BCUT2D eigenvalue weighted by Crippen LogP contribution is -2.37. The SMILES string of the molecule is O=C(Nc1ccc(N2CCCCS2(=O)=O)cc1)c1cc([N+](=O)[O-])ccc1Cl.